The summed E-state index contributed by atoms with van der Waals surface area (Å²) in [7, 11) is 1.70. The van der Waals surface area contributed by atoms with Crippen LogP contribution in [0, 0.1) is 5.92 Å². The quantitative estimate of drug-likeness (QED) is 0.750. The second kappa shape index (κ2) is 8.99. The van der Waals surface area contributed by atoms with Gasteiger partial charge in [0.25, 0.3) is 0 Å². The standard InChI is InChI=1S/C23H31N3O3/c1-28-21-5-3-19(4-6-21)17-20-8-16-29-23(18-20)9-14-25(15-10-23)22(27)7-13-26-12-2-11-24-26/h2-6,11-12,20H,7-10,13-18H2,1H3. The molecule has 0 N–H and O–H groups in total. The van der Waals surface area contributed by atoms with Crippen LogP contribution < -0.4 is 4.74 Å². The molecule has 0 saturated carbocycles. The number of hydrogen-bond donors (Lipinski definition) is 0. The third-order valence-electron chi connectivity index (χ3n) is 6.42. The largest absolute Gasteiger partial charge is 0.497 e. The lowest BCUT2D eigenvalue weighted by Crippen LogP contribution is -2.51. The van der Waals surface area contributed by atoms with Gasteiger partial charge in [-0.15, -0.1) is 0 Å². The predicted molar refractivity (Wildman–Crippen MR) is 111 cm³/mol. The number of rotatable bonds is 6. The van der Waals surface area contributed by atoms with Gasteiger partial charge in [0.05, 0.1) is 12.7 Å². The van der Waals surface area contributed by atoms with Crippen LogP contribution in [0.25, 0.3) is 0 Å². The summed E-state index contributed by atoms with van der Waals surface area (Å²) in [5.41, 5.74) is 1.31. The van der Waals surface area contributed by atoms with Crippen LogP contribution >= 0.6 is 0 Å². The first-order valence-electron chi connectivity index (χ1n) is 10.7. The van der Waals surface area contributed by atoms with Crippen molar-refractivity contribution in [3.05, 3.63) is 48.3 Å². The molecule has 2 aromatic rings. The molecule has 2 aliphatic heterocycles. The minimum atomic E-state index is -0.0475. The number of likely N-dealkylation sites (tertiary alicyclic amines) is 1. The lowest BCUT2D eigenvalue weighted by atomic mass is 9.77. The fourth-order valence-corrected chi connectivity index (χ4v) is 4.71. The first-order chi connectivity index (χ1) is 14.2. The Balaban J connectivity index is 1.27. The Morgan fingerprint density at radius 3 is 2.76 bits per heavy atom. The van der Waals surface area contributed by atoms with E-state index in [-0.39, 0.29) is 11.5 Å². The first kappa shape index (κ1) is 20.0. The van der Waals surface area contributed by atoms with Crippen LogP contribution in [-0.4, -0.2) is 53.0 Å². The molecule has 1 spiro atoms. The monoisotopic (exact) mass is 397 g/mol. The molecule has 1 atom stereocenters. The van der Waals surface area contributed by atoms with Crippen molar-refractivity contribution in [2.45, 2.75) is 50.7 Å². The smallest absolute Gasteiger partial charge is 0.224 e. The maximum atomic E-state index is 12.6. The predicted octanol–water partition coefficient (Wildman–Crippen LogP) is 3.31. The molecule has 2 saturated heterocycles. The van der Waals surface area contributed by atoms with Gasteiger partial charge < -0.3 is 14.4 Å². The second-order valence-corrected chi connectivity index (χ2v) is 8.34. The topological polar surface area (TPSA) is 56.6 Å². The summed E-state index contributed by atoms with van der Waals surface area (Å²) in [5, 5.41) is 4.17. The fraction of sp³-hybridized carbons (Fsp3) is 0.565. The molecule has 2 aliphatic rings. The molecule has 0 radical (unpaired) electrons. The van der Waals surface area contributed by atoms with E-state index in [0.29, 0.717) is 18.9 Å². The highest BCUT2D eigenvalue weighted by atomic mass is 16.5. The van der Waals surface area contributed by atoms with E-state index < -0.39 is 0 Å². The molecular formula is C23H31N3O3. The van der Waals surface area contributed by atoms with Crippen LogP contribution in [-0.2, 0) is 22.5 Å². The number of aryl methyl sites for hydroxylation is 1. The van der Waals surface area contributed by atoms with Crippen molar-refractivity contribution in [3.8, 4) is 5.75 Å². The Morgan fingerprint density at radius 2 is 2.07 bits per heavy atom. The van der Waals surface area contributed by atoms with Crippen molar-refractivity contribution in [2.24, 2.45) is 5.92 Å². The number of ether oxygens (including phenoxy) is 2. The molecule has 6 heteroatoms. The van der Waals surface area contributed by atoms with E-state index in [1.165, 1.54) is 5.56 Å². The Kier molecular flexibility index (Phi) is 6.19. The van der Waals surface area contributed by atoms with Crippen molar-refractivity contribution in [3.63, 3.8) is 0 Å². The van der Waals surface area contributed by atoms with Gasteiger partial charge in [0.1, 0.15) is 5.75 Å². The normalized spacial score (nSPS) is 21.3. The number of benzene rings is 1. The lowest BCUT2D eigenvalue weighted by Gasteiger charge is -2.46. The van der Waals surface area contributed by atoms with E-state index in [1.54, 1.807) is 13.3 Å². The van der Waals surface area contributed by atoms with Gasteiger partial charge in [-0.2, -0.15) is 5.10 Å². The van der Waals surface area contributed by atoms with Gasteiger partial charge in [-0.1, -0.05) is 12.1 Å². The Morgan fingerprint density at radius 1 is 1.28 bits per heavy atom. The zero-order valence-corrected chi connectivity index (χ0v) is 17.3. The average Bonchev–Trinajstić information content (AvgIpc) is 3.27. The minimum absolute atomic E-state index is 0.0475. The van der Waals surface area contributed by atoms with E-state index in [4.69, 9.17) is 9.47 Å². The van der Waals surface area contributed by atoms with E-state index in [1.807, 2.05) is 34.0 Å². The highest BCUT2D eigenvalue weighted by Gasteiger charge is 2.40. The second-order valence-electron chi connectivity index (χ2n) is 8.34. The zero-order chi connectivity index (χ0) is 20.1. The van der Waals surface area contributed by atoms with Crippen LogP contribution in [0.15, 0.2) is 42.7 Å². The van der Waals surface area contributed by atoms with Gasteiger partial charge in [-0.3, -0.25) is 9.48 Å². The summed E-state index contributed by atoms with van der Waals surface area (Å²) in [6.45, 7) is 3.07. The van der Waals surface area contributed by atoms with Gasteiger partial charge >= 0.3 is 0 Å². The molecule has 0 bridgehead atoms. The summed E-state index contributed by atoms with van der Waals surface area (Å²) >= 11 is 0. The minimum Gasteiger partial charge on any atom is -0.497 e. The van der Waals surface area contributed by atoms with Crippen molar-refractivity contribution in [1.29, 1.82) is 0 Å². The van der Waals surface area contributed by atoms with Crippen molar-refractivity contribution in [1.82, 2.24) is 14.7 Å². The first-order valence-corrected chi connectivity index (χ1v) is 10.7. The van der Waals surface area contributed by atoms with Crippen molar-refractivity contribution < 1.29 is 14.3 Å². The number of piperidine rings is 1. The Hall–Kier alpha value is -2.34. The SMILES string of the molecule is COc1ccc(CC2CCOC3(CCN(C(=O)CCn4cccn4)CC3)C2)cc1. The van der Waals surface area contributed by atoms with Gasteiger partial charge in [0.15, 0.2) is 0 Å². The summed E-state index contributed by atoms with van der Waals surface area (Å²) in [5.74, 6) is 1.77. The van der Waals surface area contributed by atoms with E-state index in [2.05, 4.69) is 17.2 Å². The average molecular weight is 398 g/mol. The maximum Gasteiger partial charge on any atom is 0.224 e. The van der Waals surface area contributed by atoms with E-state index in [9.17, 15) is 4.79 Å². The molecule has 2 fully saturated rings. The number of amides is 1. The van der Waals surface area contributed by atoms with Crippen molar-refractivity contribution >= 4 is 5.91 Å². The molecule has 1 amide bonds. The molecular weight excluding hydrogens is 366 g/mol. The number of nitrogens with zero attached hydrogens (tertiary/aromatic N) is 3. The summed E-state index contributed by atoms with van der Waals surface area (Å²) in [6, 6.07) is 10.3. The number of carbonyl (C=O) groups is 1. The van der Waals surface area contributed by atoms with Gasteiger partial charge in [-0.05, 0) is 61.8 Å². The highest BCUT2D eigenvalue weighted by Crippen LogP contribution is 2.39. The van der Waals surface area contributed by atoms with E-state index in [0.717, 1.165) is 57.6 Å². The number of aromatic nitrogens is 2. The van der Waals surface area contributed by atoms with Gasteiger partial charge in [-0.25, -0.2) is 0 Å². The molecule has 0 aliphatic carbocycles. The van der Waals surface area contributed by atoms with Crippen LogP contribution in [0.2, 0.25) is 0 Å². The van der Waals surface area contributed by atoms with Crippen molar-refractivity contribution in [2.75, 3.05) is 26.8 Å². The molecule has 1 aromatic carbocycles. The molecule has 29 heavy (non-hydrogen) atoms. The van der Waals surface area contributed by atoms with Crippen LogP contribution in [0.1, 0.15) is 37.7 Å². The highest BCUT2D eigenvalue weighted by molar-refractivity contribution is 5.76. The molecule has 3 heterocycles. The third-order valence-corrected chi connectivity index (χ3v) is 6.42. The van der Waals surface area contributed by atoms with E-state index >= 15 is 0 Å². The molecule has 6 nitrogen and oxygen atoms in total. The summed E-state index contributed by atoms with van der Waals surface area (Å²) in [4.78, 5) is 14.6. The van der Waals surface area contributed by atoms with Crippen LogP contribution in [0.3, 0.4) is 0 Å². The number of hydrogen-bond acceptors (Lipinski definition) is 4. The van der Waals surface area contributed by atoms with Crippen LogP contribution in [0.4, 0.5) is 0 Å². The lowest BCUT2D eigenvalue weighted by molar-refractivity contribution is -0.147. The van der Waals surface area contributed by atoms with Gasteiger partial charge in [0, 0.05) is 45.1 Å². The molecule has 156 valence electrons. The maximum absolute atomic E-state index is 12.6. The summed E-state index contributed by atoms with van der Waals surface area (Å²) in [6.07, 6.45) is 9.33. The fourth-order valence-electron chi connectivity index (χ4n) is 4.71. The zero-order valence-electron chi connectivity index (χ0n) is 17.3. The Labute approximate surface area is 172 Å². The Bertz CT molecular complexity index is 780. The number of methoxy groups -OCH3 is 1. The summed E-state index contributed by atoms with van der Waals surface area (Å²) < 4.78 is 13.4. The molecule has 1 unspecified atom stereocenters. The number of carbonyl (C=O) groups excluding carboxylic acids is 1. The van der Waals surface area contributed by atoms with Crippen LogP contribution in [0.5, 0.6) is 5.75 Å². The van der Waals surface area contributed by atoms with Gasteiger partial charge in [0.2, 0.25) is 5.91 Å². The molecule has 4 rings (SSSR count). The molecule has 1 aromatic heterocycles. The third kappa shape index (κ3) is 4.99.